The van der Waals surface area contributed by atoms with Crippen molar-refractivity contribution in [2.75, 3.05) is 0 Å². The van der Waals surface area contributed by atoms with Crippen LogP contribution in [0.5, 0.6) is 0 Å². The summed E-state index contributed by atoms with van der Waals surface area (Å²) in [6.07, 6.45) is 4.49. The zero-order chi connectivity index (χ0) is 12.7. The first kappa shape index (κ1) is 17.6. The van der Waals surface area contributed by atoms with Crippen molar-refractivity contribution in [3.05, 3.63) is 35.1 Å². The Hall–Kier alpha value is -0.380. The smallest absolute Gasteiger partial charge is 0.481 e. The second-order valence-electron chi connectivity index (χ2n) is 4.28. The molecule has 0 aliphatic rings. The van der Waals surface area contributed by atoms with E-state index in [-0.39, 0.29) is 41.8 Å². The summed E-state index contributed by atoms with van der Waals surface area (Å²) in [5.41, 5.74) is 1.61. The molecule has 1 aromatic carbocycles. The first-order valence-corrected chi connectivity index (χ1v) is 6.12. The molecule has 0 atom stereocenters. The fourth-order valence-corrected chi connectivity index (χ4v) is 1.79. The van der Waals surface area contributed by atoms with Crippen LogP contribution in [-0.2, 0) is 17.6 Å². The third-order valence-electron chi connectivity index (χ3n) is 2.79. The van der Waals surface area contributed by atoms with Crippen molar-refractivity contribution >= 4 is 5.97 Å². The third-order valence-corrected chi connectivity index (χ3v) is 2.79. The molecular formula is C14H19FNaO2+. The number of carbonyl (C=O) groups is 1. The fraction of sp³-hybridized carbons (Fsp3) is 0.500. The van der Waals surface area contributed by atoms with Gasteiger partial charge in [-0.25, -0.2) is 4.39 Å². The number of hydrogen-bond donors (Lipinski definition) is 1. The Morgan fingerprint density at radius 2 is 2.00 bits per heavy atom. The summed E-state index contributed by atoms with van der Waals surface area (Å²) in [6, 6.07) is 4.91. The number of halogens is 1. The molecule has 94 valence electrons. The van der Waals surface area contributed by atoms with Gasteiger partial charge in [0.15, 0.2) is 0 Å². The van der Waals surface area contributed by atoms with Gasteiger partial charge in [0, 0.05) is 6.42 Å². The molecule has 0 fully saturated rings. The number of carboxylic acid groups (broad SMARTS) is 1. The predicted molar refractivity (Wildman–Crippen MR) is 65.6 cm³/mol. The average molecular weight is 261 g/mol. The third kappa shape index (κ3) is 6.53. The number of aryl methyl sites for hydroxylation is 2. The molecule has 0 aliphatic carbocycles. The molecule has 0 spiro atoms. The number of rotatable bonds is 7. The monoisotopic (exact) mass is 261 g/mol. The van der Waals surface area contributed by atoms with E-state index in [2.05, 4.69) is 6.92 Å². The van der Waals surface area contributed by atoms with Crippen molar-refractivity contribution in [1.29, 1.82) is 0 Å². The van der Waals surface area contributed by atoms with E-state index in [4.69, 9.17) is 5.11 Å². The molecule has 0 saturated carbocycles. The minimum atomic E-state index is -0.818. The first-order chi connectivity index (χ1) is 8.13. The first-order valence-electron chi connectivity index (χ1n) is 6.12. The summed E-state index contributed by atoms with van der Waals surface area (Å²) in [5, 5.41) is 8.60. The van der Waals surface area contributed by atoms with Crippen molar-refractivity contribution in [1.82, 2.24) is 0 Å². The summed E-state index contributed by atoms with van der Waals surface area (Å²) >= 11 is 0. The van der Waals surface area contributed by atoms with Gasteiger partial charge in [0.05, 0.1) is 0 Å². The van der Waals surface area contributed by atoms with Gasteiger partial charge in [-0.3, -0.25) is 4.79 Å². The second-order valence-corrected chi connectivity index (χ2v) is 4.28. The van der Waals surface area contributed by atoms with Gasteiger partial charge in [0.25, 0.3) is 0 Å². The summed E-state index contributed by atoms with van der Waals surface area (Å²) in [5.74, 6) is -0.998. The molecular weight excluding hydrogens is 242 g/mol. The maximum absolute atomic E-state index is 13.5. The number of benzene rings is 1. The summed E-state index contributed by atoms with van der Waals surface area (Å²) in [7, 11) is 0. The van der Waals surface area contributed by atoms with Crippen LogP contribution in [-0.4, -0.2) is 11.1 Å². The molecule has 0 bridgehead atoms. The van der Waals surface area contributed by atoms with Crippen LogP contribution in [0.2, 0.25) is 0 Å². The fourth-order valence-electron chi connectivity index (χ4n) is 1.79. The van der Waals surface area contributed by atoms with E-state index in [0.29, 0.717) is 12.0 Å². The minimum absolute atomic E-state index is 0. The van der Waals surface area contributed by atoms with Gasteiger partial charge < -0.3 is 5.11 Å². The summed E-state index contributed by atoms with van der Waals surface area (Å²) in [6.45, 7) is 2.11. The van der Waals surface area contributed by atoms with Gasteiger partial charge >= 0.3 is 35.5 Å². The molecule has 0 aliphatic heterocycles. The molecule has 0 saturated heterocycles. The van der Waals surface area contributed by atoms with Crippen LogP contribution in [0, 0.1) is 5.82 Å². The normalized spacial score (nSPS) is 9.89. The topological polar surface area (TPSA) is 37.3 Å². The molecule has 0 unspecified atom stereocenters. The zero-order valence-corrected chi connectivity index (χ0v) is 13.2. The van der Waals surface area contributed by atoms with Crippen LogP contribution in [0.25, 0.3) is 0 Å². The van der Waals surface area contributed by atoms with Crippen LogP contribution in [0.15, 0.2) is 18.2 Å². The van der Waals surface area contributed by atoms with E-state index in [9.17, 15) is 9.18 Å². The Bertz CT molecular complexity index is 380. The number of hydrogen-bond acceptors (Lipinski definition) is 1. The van der Waals surface area contributed by atoms with Crippen LogP contribution < -0.4 is 29.6 Å². The van der Waals surface area contributed by atoms with Crippen molar-refractivity contribution < 1.29 is 43.8 Å². The molecule has 18 heavy (non-hydrogen) atoms. The molecule has 0 heterocycles. The van der Waals surface area contributed by atoms with Crippen LogP contribution in [0.4, 0.5) is 4.39 Å². The molecule has 1 rings (SSSR count). The van der Waals surface area contributed by atoms with Crippen molar-refractivity contribution in [2.24, 2.45) is 0 Å². The van der Waals surface area contributed by atoms with E-state index in [1.165, 1.54) is 6.07 Å². The molecule has 0 aromatic heterocycles. The maximum atomic E-state index is 13.5. The van der Waals surface area contributed by atoms with Gasteiger partial charge in [-0.1, -0.05) is 31.9 Å². The SMILES string of the molecule is CCCCCc1cc(CCC(=O)O)ccc1F.[Na+]. The summed E-state index contributed by atoms with van der Waals surface area (Å²) in [4.78, 5) is 10.5. The second kappa shape index (κ2) is 9.54. The van der Waals surface area contributed by atoms with E-state index in [0.717, 1.165) is 31.2 Å². The number of unbranched alkanes of at least 4 members (excludes halogenated alkanes) is 2. The van der Waals surface area contributed by atoms with Crippen LogP contribution >= 0.6 is 0 Å². The van der Waals surface area contributed by atoms with Crippen molar-refractivity contribution in [2.45, 2.75) is 45.4 Å². The van der Waals surface area contributed by atoms with Gasteiger partial charge in [0.1, 0.15) is 5.82 Å². The predicted octanol–water partition coefficient (Wildman–Crippen LogP) is 0.580. The minimum Gasteiger partial charge on any atom is -0.481 e. The maximum Gasteiger partial charge on any atom is 1.00 e. The van der Waals surface area contributed by atoms with Crippen molar-refractivity contribution in [3.63, 3.8) is 0 Å². The van der Waals surface area contributed by atoms with Gasteiger partial charge in [-0.2, -0.15) is 0 Å². The number of carboxylic acids is 1. The average Bonchev–Trinajstić information content (AvgIpc) is 2.30. The Labute approximate surface area is 130 Å². The Balaban J connectivity index is 0.00000289. The van der Waals surface area contributed by atoms with E-state index < -0.39 is 5.97 Å². The van der Waals surface area contributed by atoms with Crippen molar-refractivity contribution in [3.8, 4) is 0 Å². The Kier molecular flexibility index (Phi) is 9.34. The van der Waals surface area contributed by atoms with Gasteiger partial charge in [-0.15, -0.1) is 0 Å². The molecule has 2 nitrogen and oxygen atoms in total. The van der Waals surface area contributed by atoms with Gasteiger partial charge in [-0.05, 0) is 36.5 Å². The largest absolute Gasteiger partial charge is 1.00 e. The van der Waals surface area contributed by atoms with Gasteiger partial charge in [0.2, 0.25) is 0 Å². The molecule has 0 radical (unpaired) electrons. The van der Waals surface area contributed by atoms with E-state index >= 15 is 0 Å². The standard InChI is InChI=1S/C14H19FO2.Na/c1-2-3-4-5-12-10-11(6-8-13(12)15)7-9-14(16)17;/h6,8,10H,2-5,7,9H2,1H3,(H,16,17);/q;+1. The Morgan fingerprint density at radius 1 is 1.28 bits per heavy atom. The summed E-state index contributed by atoms with van der Waals surface area (Å²) < 4.78 is 13.5. The van der Waals surface area contributed by atoms with Crippen LogP contribution in [0.1, 0.15) is 43.7 Å². The number of aliphatic carboxylic acids is 1. The Morgan fingerprint density at radius 3 is 2.61 bits per heavy atom. The quantitative estimate of drug-likeness (QED) is 0.576. The van der Waals surface area contributed by atoms with E-state index in [1.807, 2.05) is 0 Å². The molecule has 0 amide bonds. The molecule has 4 heteroatoms. The van der Waals surface area contributed by atoms with Crippen LogP contribution in [0.3, 0.4) is 0 Å². The zero-order valence-electron chi connectivity index (χ0n) is 11.2. The molecule has 1 aromatic rings. The van der Waals surface area contributed by atoms with E-state index in [1.54, 1.807) is 12.1 Å². The molecule has 1 N–H and O–H groups in total.